The molecule has 1 aromatic rings. The highest BCUT2D eigenvalue weighted by Crippen LogP contribution is 2.42. The third-order valence-electron chi connectivity index (χ3n) is 3.10. The summed E-state index contributed by atoms with van der Waals surface area (Å²) < 4.78 is 1.31. The molecule has 1 fully saturated rings. The van der Waals surface area contributed by atoms with E-state index in [4.69, 9.17) is 0 Å². The van der Waals surface area contributed by atoms with Crippen LogP contribution in [0.1, 0.15) is 26.2 Å². The van der Waals surface area contributed by atoms with Crippen LogP contribution < -0.4 is 5.32 Å². The van der Waals surface area contributed by atoms with E-state index < -0.39 is 0 Å². The maximum Gasteiger partial charge on any atom is 0.119 e. The average Bonchev–Trinajstić information content (AvgIpc) is 3.08. The van der Waals surface area contributed by atoms with Gasteiger partial charge in [-0.15, -0.1) is 23.1 Å². The van der Waals surface area contributed by atoms with Crippen molar-refractivity contribution < 1.29 is 0 Å². The molecule has 1 heterocycles. The third kappa shape index (κ3) is 3.25. The van der Waals surface area contributed by atoms with Crippen LogP contribution in [-0.4, -0.2) is 17.8 Å². The summed E-state index contributed by atoms with van der Waals surface area (Å²) in [5.74, 6) is 1.43. The first-order valence-corrected chi connectivity index (χ1v) is 8.00. The lowest BCUT2D eigenvalue weighted by atomic mass is 9.97. The lowest BCUT2D eigenvalue weighted by Gasteiger charge is -2.27. The Morgan fingerprint density at radius 1 is 1.65 bits per heavy atom. The number of thioether (sulfide) groups is 1. The molecule has 1 unspecified atom stereocenters. The van der Waals surface area contributed by atoms with Crippen molar-refractivity contribution in [3.05, 3.63) is 17.5 Å². The van der Waals surface area contributed by atoms with Gasteiger partial charge in [-0.25, -0.2) is 0 Å². The van der Waals surface area contributed by atoms with Gasteiger partial charge in [0.25, 0.3) is 0 Å². The number of thiophene rings is 1. The summed E-state index contributed by atoms with van der Waals surface area (Å²) in [6, 6.07) is 6.74. The van der Waals surface area contributed by atoms with E-state index in [9.17, 15) is 5.26 Å². The van der Waals surface area contributed by atoms with Crippen LogP contribution in [0.2, 0.25) is 0 Å². The number of nitriles is 1. The zero-order valence-corrected chi connectivity index (χ0v) is 11.7. The molecule has 1 N–H and O–H groups in total. The van der Waals surface area contributed by atoms with Crippen LogP contribution >= 0.6 is 23.1 Å². The van der Waals surface area contributed by atoms with Crippen molar-refractivity contribution in [3.63, 3.8) is 0 Å². The molecule has 0 spiro atoms. The summed E-state index contributed by atoms with van der Waals surface area (Å²) in [4.78, 5) is 0. The van der Waals surface area contributed by atoms with Gasteiger partial charge in [0.05, 0.1) is 10.3 Å². The molecule has 1 atom stereocenters. The fourth-order valence-corrected chi connectivity index (χ4v) is 3.94. The molecule has 0 aromatic carbocycles. The highest BCUT2D eigenvalue weighted by molar-refractivity contribution is 8.01. The summed E-state index contributed by atoms with van der Waals surface area (Å²) in [5, 5.41) is 15.1. The summed E-state index contributed by atoms with van der Waals surface area (Å²) in [7, 11) is 0. The summed E-state index contributed by atoms with van der Waals surface area (Å²) in [6.45, 7) is 3.09. The minimum absolute atomic E-state index is 0.301. The zero-order valence-electron chi connectivity index (χ0n) is 10.1. The molecule has 0 saturated heterocycles. The number of hydrogen-bond acceptors (Lipinski definition) is 4. The maximum absolute atomic E-state index is 9.52. The standard InChI is InChI=1S/C13H18N2S2/c1-2-7-15-13(9-14,11-5-6-11)10-17-12-4-3-8-16-12/h3-4,8,11,15H,2,5-7,10H2,1H3. The van der Waals surface area contributed by atoms with Gasteiger partial charge in [-0.05, 0) is 43.2 Å². The molecule has 17 heavy (non-hydrogen) atoms. The molecule has 1 aliphatic carbocycles. The Balaban J connectivity index is 1.97. The minimum atomic E-state index is -0.301. The molecule has 1 aliphatic rings. The van der Waals surface area contributed by atoms with E-state index in [1.807, 2.05) is 11.8 Å². The molecule has 1 aromatic heterocycles. The lowest BCUT2D eigenvalue weighted by Crippen LogP contribution is -2.48. The van der Waals surface area contributed by atoms with Gasteiger partial charge in [0.1, 0.15) is 5.54 Å². The largest absolute Gasteiger partial charge is 0.298 e. The highest BCUT2D eigenvalue weighted by atomic mass is 32.2. The van der Waals surface area contributed by atoms with Gasteiger partial charge in [0.15, 0.2) is 0 Å². The Morgan fingerprint density at radius 3 is 3.00 bits per heavy atom. The van der Waals surface area contributed by atoms with E-state index in [2.05, 4.69) is 35.8 Å². The molecular weight excluding hydrogens is 248 g/mol. The fourth-order valence-electron chi connectivity index (χ4n) is 1.93. The molecule has 2 rings (SSSR count). The van der Waals surface area contributed by atoms with E-state index in [-0.39, 0.29) is 5.54 Å². The van der Waals surface area contributed by atoms with Crippen LogP contribution in [0.4, 0.5) is 0 Å². The second-order valence-corrected chi connectivity index (χ2v) is 6.73. The van der Waals surface area contributed by atoms with Crippen molar-refractivity contribution in [2.45, 2.75) is 35.9 Å². The number of rotatable bonds is 7. The van der Waals surface area contributed by atoms with Gasteiger partial charge in [-0.1, -0.05) is 13.0 Å². The van der Waals surface area contributed by atoms with Crippen LogP contribution in [-0.2, 0) is 0 Å². The van der Waals surface area contributed by atoms with E-state index >= 15 is 0 Å². The van der Waals surface area contributed by atoms with Gasteiger partial charge in [0.2, 0.25) is 0 Å². The Morgan fingerprint density at radius 2 is 2.47 bits per heavy atom. The van der Waals surface area contributed by atoms with E-state index in [0.717, 1.165) is 18.7 Å². The summed E-state index contributed by atoms with van der Waals surface area (Å²) >= 11 is 3.57. The zero-order chi connectivity index (χ0) is 12.1. The van der Waals surface area contributed by atoms with Crippen LogP contribution in [0.3, 0.4) is 0 Å². The first-order valence-electron chi connectivity index (χ1n) is 6.13. The second-order valence-electron chi connectivity index (χ2n) is 4.50. The molecule has 4 heteroatoms. The third-order valence-corrected chi connectivity index (χ3v) is 5.43. The Bertz CT molecular complexity index is 379. The van der Waals surface area contributed by atoms with Crippen LogP contribution in [0.25, 0.3) is 0 Å². The van der Waals surface area contributed by atoms with Crippen molar-refractivity contribution >= 4 is 23.1 Å². The molecular formula is C13H18N2S2. The van der Waals surface area contributed by atoms with Crippen LogP contribution in [0.15, 0.2) is 21.7 Å². The van der Waals surface area contributed by atoms with Crippen molar-refractivity contribution in [1.29, 1.82) is 5.26 Å². The van der Waals surface area contributed by atoms with Crippen LogP contribution in [0, 0.1) is 17.2 Å². The van der Waals surface area contributed by atoms with Gasteiger partial charge < -0.3 is 0 Å². The molecule has 1 saturated carbocycles. The van der Waals surface area contributed by atoms with E-state index in [0.29, 0.717) is 5.92 Å². The van der Waals surface area contributed by atoms with Crippen LogP contribution in [0.5, 0.6) is 0 Å². The maximum atomic E-state index is 9.52. The monoisotopic (exact) mass is 266 g/mol. The average molecular weight is 266 g/mol. The van der Waals surface area contributed by atoms with Gasteiger partial charge >= 0.3 is 0 Å². The Labute approximate surface area is 111 Å². The van der Waals surface area contributed by atoms with Gasteiger partial charge in [-0.3, -0.25) is 5.32 Å². The predicted octanol–water partition coefficient (Wildman–Crippen LogP) is 3.51. The normalized spacial score (nSPS) is 18.6. The molecule has 0 aliphatic heterocycles. The first-order chi connectivity index (χ1) is 8.30. The Hall–Kier alpha value is -0.500. The van der Waals surface area contributed by atoms with Crippen molar-refractivity contribution in [3.8, 4) is 6.07 Å². The molecule has 0 radical (unpaired) electrons. The van der Waals surface area contributed by atoms with Crippen molar-refractivity contribution in [1.82, 2.24) is 5.32 Å². The quantitative estimate of drug-likeness (QED) is 0.767. The number of hydrogen-bond donors (Lipinski definition) is 1. The molecule has 92 valence electrons. The molecule has 0 bridgehead atoms. The van der Waals surface area contributed by atoms with Crippen molar-refractivity contribution in [2.24, 2.45) is 5.92 Å². The SMILES string of the molecule is CCCNC(C#N)(CSc1cccs1)C1CC1. The fraction of sp³-hybridized carbons (Fsp3) is 0.615. The minimum Gasteiger partial charge on any atom is -0.298 e. The number of nitrogens with one attached hydrogen (secondary N) is 1. The smallest absolute Gasteiger partial charge is 0.119 e. The topological polar surface area (TPSA) is 35.8 Å². The molecule has 2 nitrogen and oxygen atoms in total. The molecule has 0 amide bonds. The first kappa shape index (κ1) is 12.9. The van der Waals surface area contributed by atoms with Crippen molar-refractivity contribution in [2.75, 3.05) is 12.3 Å². The van der Waals surface area contributed by atoms with Gasteiger partial charge in [-0.2, -0.15) is 5.26 Å². The van der Waals surface area contributed by atoms with E-state index in [1.165, 1.54) is 17.1 Å². The predicted molar refractivity (Wildman–Crippen MR) is 74.4 cm³/mol. The lowest BCUT2D eigenvalue weighted by molar-refractivity contribution is 0.406. The summed E-state index contributed by atoms with van der Waals surface area (Å²) in [5.41, 5.74) is -0.301. The van der Waals surface area contributed by atoms with E-state index in [1.54, 1.807) is 11.3 Å². The summed E-state index contributed by atoms with van der Waals surface area (Å²) in [6.07, 6.45) is 3.49. The highest BCUT2D eigenvalue weighted by Gasteiger charge is 2.45. The Kier molecular flexibility index (Phi) is 4.49. The van der Waals surface area contributed by atoms with Gasteiger partial charge in [0, 0.05) is 5.75 Å². The number of nitrogens with zero attached hydrogens (tertiary/aromatic N) is 1. The second kappa shape index (κ2) is 5.90.